The lowest BCUT2D eigenvalue weighted by molar-refractivity contribution is -0.385. The van der Waals surface area contributed by atoms with Crippen molar-refractivity contribution in [2.75, 3.05) is 13.6 Å². The summed E-state index contributed by atoms with van der Waals surface area (Å²) in [5, 5.41) is 19.2. The highest BCUT2D eigenvalue weighted by Gasteiger charge is 2.17. The van der Waals surface area contributed by atoms with Crippen LogP contribution in [0.15, 0.2) is 18.2 Å². The fraction of sp³-hybridized carbons (Fsp3) is 0.273. The second-order valence-corrected chi connectivity index (χ2v) is 3.58. The first-order valence-corrected chi connectivity index (χ1v) is 4.85. The van der Waals surface area contributed by atoms with E-state index in [1.54, 1.807) is 6.92 Å². The van der Waals surface area contributed by atoms with Crippen LogP contribution in [0.4, 0.5) is 5.69 Å². The first kappa shape index (κ1) is 12.6. The van der Waals surface area contributed by atoms with E-state index in [-0.39, 0.29) is 17.8 Å². The SMILES string of the molecule is Cc1ccc(C(=O)N(C)CC#N)cc1[N+](=O)[O-]. The van der Waals surface area contributed by atoms with Gasteiger partial charge >= 0.3 is 0 Å². The van der Waals surface area contributed by atoms with E-state index in [0.29, 0.717) is 5.56 Å². The zero-order valence-corrected chi connectivity index (χ0v) is 9.51. The number of amides is 1. The van der Waals surface area contributed by atoms with Gasteiger partial charge < -0.3 is 4.90 Å². The van der Waals surface area contributed by atoms with E-state index >= 15 is 0 Å². The highest BCUT2D eigenvalue weighted by molar-refractivity contribution is 5.95. The smallest absolute Gasteiger partial charge is 0.273 e. The molecule has 0 unspecified atom stereocenters. The molecule has 0 aromatic heterocycles. The molecular weight excluding hydrogens is 222 g/mol. The van der Waals surface area contributed by atoms with E-state index in [1.807, 2.05) is 6.07 Å². The predicted molar refractivity (Wildman–Crippen MR) is 60.4 cm³/mol. The van der Waals surface area contributed by atoms with E-state index < -0.39 is 10.8 Å². The number of rotatable bonds is 3. The third-order valence-corrected chi connectivity index (χ3v) is 2.31. The molecule has 1 rings (SSSR count). The fourth-order valence-corrected chi connectivity index (χ4v) is 1.34. The molecule has 6 heteroatoms. The molecule has 0 saturated heterocycles. The summed E-state index contributed by atoms with van der Waals surface area (Å²) < 4.78 is 0. The summed E-state index contributed by atoms with van der Waals surface area (Å²) >= 11 is 0. The van der Waals surface area contributed by atoms with Gasteiger partial charge in [-0.1, -0.05) is 6.07 Å². The fourth-order valence-electron chi connectivity index (χ4n) is 1.34. The van der Waals surface area contributed by atoms with Gasteiger partial charge in [0, 0.05) is 24.2 Å². The first-order chi connectivity index (χ1) is 7.97. The van der Waals surface area contributed by atoms with E-state index in [9.17, 15) is 14.9 Å². The van der Waals surface area contributed by atoms with Crippen LogP contribution in [-0.4, -0.2) is 29.3 Å². The second-order valence-electron chi connectivity index (χ2n) is 3.58. The van der Waals surface area contributed by atoms with Gasteiger partial charge in [0.05, 0.1) is 11.0 Å². The molecule has 0 N–H and O–H groups in total. The van der Waals surface area contributed by atoms with Crippen molar-refractivity contribution in [1.29, 1.82) is 5.26 Å². The maximum atomic E-state index is 11.8. The van der Waals surface area contributed by atoms with E-state index in [4.69, 9.17) is 5.26 Å². The molecule has 0 aliphatic heterocycles. The predicted octanol–water partition coefficient (Wildman–Crippen LogP) is 1.50. The van der Waals surface area contributed by atoms with Gasteiger partial charge in [-0.2, -0.15) is 5.26 Å². The number of hydrogen-bond donors (Lipinski definition) is 0. The molecule has 0 saturated carbocycles. The molecule has 0 fully saturated rings. The number of nitriles is 1. The molecule has 6 nitrogen and oxygen atoms in total. The Morgan fingerprint density at radius 2 is 2.24 bits per heavy atom. The van der Waals surface area contributed by atoms with Crippen molar-refractivity contribution in [2.24, 2.45) is 0 Å². The number of nitro groups is 1. The molecule has 0 spiro atoms. The average molecular weight is 233 g/mol. The van der Waals surface area contributed by atoms with Crippen molar-refractivity contribution in [3.63, 3.8) is 0 Å². The number of nitro benzene ring substituents is 1. The third-order valence-electron chi connectivity index (χ3n) is 2.31. The average Bonchev–Trinajstić information content (AvgIpc) is 2.28. The minimum Gasteiger partial charge on any atom is -0.328 e. The maximum Gasteiger partial charge on any atom is 0.273 e. The Bertz CT molecular complexity index is 505. The molecular formula is C11H11N3O3. The lowest BCUT2D eigenvalue weighted by Crippen LogP contribution is -2.27. The molecule has 88 valence electrons. The van der Waals surface area contributed by atoms with Crippen LogP contribution in [0.1, 0.15) is 15.9 Å². The lowest BCUT2D eigenvalue weighted by Gasteiger charge is -2.12. The Morgan fingerprint density at radius 1 is 1.59 bits per heavy atom. The van der Waals surface area contributed by atoms with Crippen LogP contribution >= 0.6 is 0 Å². The van der Waals surface area contributed by atoms with Crippen LogP contribution in [0.3, 0.4) is 0 Å². The summed E-state index contributed by atoms with van der Waals surface area (Å²) in [5.74, 6) is -0.408. The molecule has 1 aromatic carbocycles. The van der Waals surface area contributed by atoms with Crippen LogP contribution in [-0.2, 0) is 0 Å². The van der Waals surface area contributed by atoms with Gasteiger partial charge in [0.25, 0.3) is 11.6 Å². The van der Waals surface area contributed by atoms with Crippen molar-refractivity contribution in [2.45, 2.75) is 6.92 Å². The quantitative estimate of drug-likeness (QED) is 0.449. The number of nitrogens with zero attached hydrogens (tertiary/aromatic N) is 3. The Balaban J connectivity index is 3.08. The molecule has 1 aromatic rings. The highest BCUT2D eigenvalue weighted by atomic mass is 16.6. The molecule has 0 aliphatic rings. The molecule has 0 bridgehead atoms. The van der Waals surface area contributed by atoms with Gasteiger partial charge in [0.15, 0.2) is 0 Å². The van der Waals surface area contributed by atoms with Gasteiger partial charge in [-0.15, -0.1) is 0 Å². The van der Waals surface area contributed by atoms with Gasteiger partial charge in [-0.3, -0.25) is 14.9 Å². The highest BCUT2D eigenvalue weighted by Crippen LogP contribution is 2.19. The normalized spacial score (nSPS) is 9.47. The summed E-state index contributed by atoms with van der Waals surface area (Å²) in [6, 6.07) is 6.10. The summed E-state index contributed by atoms with van der Waals surface area (Å²) in [7, 11) is 1.47. The minimum absolute atomic E-state index is 0.0551. The Morgan fingerprint density at radius 3 is 2.76 bits per heavy atom. The van der Waals surface area contributed by atoms with Gasteiger partial charge in [-0.05, 0) is 13.0 Å². The summed E-state index contributed by atoms with van der Waals surface area (Å²) in [5.41, 5.74) is 0.607. The van der Waals surface area contributed by atoms with Crippen molar-refractivity contribution >= 4 is 11.6 Å². The van der Waals surface area contributed by atoms with E-state index in [0.717, 1.165) is 0 Å². The molecule has 0 heterocycles. The Hall–Kier alpha value is -2.42. The maximum absolute atomic E-state index is 11.8. The van der Waals surface area contributed by atoms with Crippen molar-refractivity contribution in [3.05, 3.63) is 39.4 Å². The largest absolute Gasteiger partial charge is 0.328 e. The van der Waals surface area contributed by atoms with Crippen LogP contribution in [0, 0.1) is 28.4 Å². The zero-order valence-electron chi connectivity index (χ0n) is 9.51. The topological polar surface area (TPSA) is 87.2 Å². The van der Waals surface area contributed by atoms with Crippen LogP contribution in [0.2, 0.25) is 0 Å². The Labute approximate surface area is 98.2 Å². The van der Waals surface area contributed by atoms with Crippen molar-refractivity contribution < 1.29 is 9.72 Å². The van der Waals surface area contributed by atoms with Gasteiger partial charge in [0.1, 0.15) is 6.54 Å². The minimum atomic E-state index is -0.531. The van der Waals surface area contributed by atoms with E-state index in [1.165, 1.54) is 30.1 Å². The van der Waals surface area contributed by atoms with Gasteiger partial charge in [-0.25, -0.2) is 0 Å². The molecule has 0 aliphatic carbocycles. The van der Waals surface area contributed by atoms with Crippen molar-refractivity contribution in [1.82, 2.24) is 4.90 Å². The molecule has 0 radical (unpaired) electrons. The summed E-state index contributed by atoms with van der Waals surface area (Å²) in [6.07, 6.45) is 0. The summed E-state index contributed by atoms with van der Waals surface area (Å²) in [4.78, 5) is 23.2. The van der Waals surface area contributed by atoms with Crippen molar-refractivity contribution in [3.8, 4) is 6.07 Å². The number of benzene rings is 1. The van der Waals surface area contributed by atoms with Gasteiger partial charge in [0.2, 0.25) is 0 Å². The number of carbonyl (C=O) groups excluding carboxylic acids is 1. The number of hydrogen-bond acceptors (Lipinski definition) is 4. The van der Waals surface area contributed by atoms with Crippen LogP contribution in [0.5, 0.6) is 0 Å². The van der Waals surface area contributed by atoms with Crippen LogP contribution in [0.25, 0.3) is 0 Å². The third kappa shape index (κ3) is 2.78. The first-order valence-electron chi connectivity index (χ1n) is 4.85. The summed E-state index contributed by atoms with van der Waals surface area (Å²) in [6.45, 7) is 1.55. The lowest BCUT2D eigenvalue weighted by atomic mass is 10.1. The number of carbonyl (C=O) groups is 1. The monoisotopic (exact) mass is 233 g/mol. The Kier molecular flexibility index (Phi) is 3.78. The number of aryl methyl sites for hydroxylation is 1. The van der Waals surface area contributed by atoms with Crippen LogP contribution < -0.4 is 0 Å². The molecule has 17 heavy (non-hydrogen) atoms. The van der Waals surface area contributed by atoms with E-state index in [2.05, 4.69) is 0 Å². The second kappa shape index (κ2) is 5.07. The molecule has 0 atom stereocenters. The standard InChI is InChI=1S/C11H11N3O3/c1-8-3-4-9(7-10(8)14(16)17)11(15)13(2)6-5-12/h3-4,7H,6H2,1-2H3. The molecule has 1 amide bonds. The zero-order chi connectivity index (χ0) is 13.0.